The molecular weight excluding hydrogens is 521 g/mol. The molecule has 0 fully saturated rings. The fraction of sp³-hybridized carbons (Fsp3) is 0.364. The van der Waals surface area contributed by atoms with Crippen LogP contribution in [0.25, 0.3) is 0 Å². The minimum atomic E-state index is -4.38. The molecular formula is C22H22BrF3N4O2S. The average Bonchev–Trinajstić information content (AvgIpc) is 3.12. The Kier molecular flexibility index (Phi) is 7.20. The summed E-state index contributed by atoms with van der Waals surface area (Å²) < 4.78 is 50.8. The summed E-state index contributed by atoms with van der Waals surface area (Å²) in [5, 5.41) is 3.98. The smallest absolute Gasteiger partial charge is 0.422 e. The van der Waals surface area contributed by atoms with Crippen LogP contribution in [-0.4, -0.2) is 34.4 Å². The van der Waals surface area contributed by atoms with Crippen molar-refractivity contribution >= 4 is 33.7 Å². The molecule has 1 aliphatic heterocycles. The molecule has 0 saturated carbocycles. The zero-order valence-electron chi connectivity index (χ0n) is 17.9. The summed E-state index contributed by atoms with van der Waals surface area (Å²) in [5.41, 5.74) is 3.49. The van der Waals surface area contributed by atoms with E-state index in [1.165, 1.54) is 29.1 Å². The number of halogens is 4. The minimum absolute atomic E-state index is 0.0321. The van der Waals surface area contributed by atoms with E-state index in [0.29, 0.717) is 11.6 Å². The quantitative estimate of drug-likeness (QED) is 0.350. The van der Waals surface area contributed by atoms with Gasteiger partial charge in [0.2, 0.25) is 5.88 Å². The van der Waals surface area contributed by atoms with Gasteiger partial charge in [-0.05, 0) is 77.0 Å². The van der Waals surface area contributed by atoms with Crippen LogP contribution in [0.2, 0.25) is 0 Å². The first kappa shape index (κ1) is 23.9. The number of fused-ring (bicyclic) bond motifs is 1. The molecule has 2 aromatic heterocycles. The molecule has 0 radical (unpaired) electrons. The van der Waals surface area contributed by atoms with Gasteiger partial charge < -0.3 is 14.0 Å². The van der Waals surface area contributed by atoms with Gasteiger partial charge in [-0.15, -0.1) is 0 Å². The summed E-state index contributed by atoms with van der Waals surface area (Å²) in [6.07, 6.45) is -1.88. The van der Waals surface area contributed by atoms with E-state index < -0.39 is 12.8 Å². The van der Waals surface area contributed by atoms with Crippen LogP contribution in [0.3, 0.4) is 0 Å². The molecule has 4 rings (SSSR count). The molecule has 0 spiro atoms. The molecule has 0 amide bonds. The molecule has 6 nitrogen and oxygen atoms in total. The van der Waals surface area contributed by atoms with E-state index in [2.05, 4.69) is 60.8 Å². The highest BCUT2D eigenvalue weighted by Crippen LogP contribution is 2.33. The topological polar surface area (TPSA) is 63.4 Å². The van der Waals surface area contributed by atoms with Crippen molar-refractivity contribution in [3.63, 3.8) is 0 Å². The van der Waals surface area contributed by atoms with Crippen molar-refractivity contribution in [2.75, 3.05) is 17.9 Å². The second-order valence-corrected chi connectivity index (χ2v) is 9.44. The zero-order valence-corrected chi connectivity index (χ0v) is 20.4. The third-order valence-corrected chi connectivity index (χ3v) is 7.17. The lowest BCUT2D eigenvalue weighted by Gasteiger charge is -2.34. The van der Waals surface area contributed by atoms with E-state index in [9.17, 15) is 13.2 Å². The van der Waals surface area contributed by atoms with Crippen molar-refractivity contribution in [2.45, 2.75) is 43.9 Å². The van der Waals surface area contributed by atoms with Crippen molar-refractivity contribution in [1.82, 2.24) is 15.0 Å². The second-order valence-electron chi connectivity index (χ2n) is 7.77. The molecule has 11 heteroatoms. The predicted octanol–water partition coefficient (Wildman–Crippen LogP) is 6.32. The first-order chi connectivity index (χ1) is 15.7. The van der Waals surface area contributed by atoms with Crippen LogP contribution in [0.15, 0.2) is 50.4 Å². The van der Waals surface area contributed by atoms with Gasteiger partial charge in [0.15, 0.2) is 12.4 Å². The summed E-state index contributed by atoms with van der Waals surface area (Å²) in [4.78, 5) is 7.43. The van der Waals surface area contributed by atoms with E-state index in [4.69, 9.17) is 9.26 Å². The van der Waals surface area contributed by atoms with E-state index in [1.54, 1.807) is 12.3 Å². The molecule has 1 unspecified atom stereocenters. The Hall–Kier alpha value is -2.24. The molecule has 1 atom stereocenters. The fourth-order valence-electron chi connectivity index (χ4n) is 3.57. The van der Waals surface area contributed by atoms with E-state index in [1.807, 2.05) is 6.92 Å². The Morgan fingerprint density at radius 3 is 2.76 bits per heavy atom. The normalized spacial score (nSPS) is 15.2. The summed E-state index contributed by atoms with van der Waals surface area (Å²) in [6.45, 7) is 4.21. The van der Waals surface area contributed by atoms with Crippen molar-refractivity contribution in [1.29, 1.82) is 0 Å². The van der Waals surface area contributed by atoms with Crippen LogP contribution in [0, 0.1) is 6.92 Å². The Labute approximate surface area is 202 Å². The van der Waals surface area contributed by atoms with Crippen LogP contribution in [-0.2, 0) is 13.0 Å². The number of aryl methyl sites for hydroxylation is 1. The third-order valence-electron chi connectivity index (χ3n) is 5.45. The Morgan fingerprint density at radius 2 is 2.09 bits per heavy atom. The highest BCUT2D eigenvalue weighted by atomic mass is 79.9. The summed E-state index contributed by atoms with van der Waals surface area (Å²) in [5.74, 6) is 1.32. The molecule has 1 aromatic carbocycles. The van der Waals surface area contributed by atoms with Crippen molar-refractivity contribution in [2.24, 2.45) is 0 Å². The Morgan fingerprint density at radius 1 is 1.27 bits per heavy atom. The average molecular weight is 543 g/mol. The first-order valence-electron chi connectivity index (χ1n) is 10.3. The zero-order chi connectivity index (χ0) is 23.6. The number of benzene rings is 1. The SMILES string of the molecule is Cc1onc(NSc2ccc3c(c2)CN(C(C)c2ccc(OCC(F)(F)F)nc2)CC3)c1Br. The van der Waals surface area contributed by atoms with Crippen LogP contribution >= 0.6 is 27.9 Å². The lowest BCUT2D eigenvalue weighted by Crippen LogP contribution is -2.33. The number of ether oxygens (including phenoxy) is 1. The number of anilines is 1. The lowest BCUT2D eigenvalue weighted by atomic mass is 9.97. The number of nitrogens with one attached hydrogen (secondary N) is 1. The van der Waals surface area contributed by atoms with Crippen LogP contribution in [0.5, 0.6) is 5.88 Å². The maximum absolute atomic E-state index is 12.3. The van der Waals surface area contributed by atoms with Crippen molar-refractivity contribution < 1.29 is 22.4 Å². The van der Waals surface area contributed by atoms with Gasteiger partial charge in [-0.1, -0.05) is 17.3 Å². The number of aromatic nitrogens is 2. The Balaban J connectivity index is 1.39. The van der Waals surface area contributed by atoms with Gasteiger partial charge in [0.05, 0.1) is 0 Å². The monoisotopic (exact) mass is 542 g/mol. The van der Waals surface area contributed by atoms with Crippen molar-refractivity contribution in [3.05, 3.63) is 63.5 Å². The van der Waals surface area contributed by atoms with E-state index in [-0.39, 0.29) is 11.9 Å². The largest absolute Gasteiger partial charge is 0.468 e. The molecule has 0 bridgehead atoms. The maximum Gasteiger partial charge on any atom is 0.422 e. The lowest BCUT2D eigenvalue weighted by molar-refractivity contribution is -0.154. The maximum atomic E-state index is 12.3. The van der Waals surface area contributed by atoms with Crippen molar-refractivity contribution in [3.8, 4) is 5.88 Å². The minimum Gasteiger partial charge on any atom is -0.468 e. The van der Waals surface area contributed by atoms with Gasteiger partial charge in [0, 0.05) is 36.3 Å². The number of hydrogen-bond acceptors (Lipinski definition) is 7. The molecule has 33 heavy (non-hydrogen) atoms. The van der Waals surface area contributed by atoms with Gasteiger partial charge in [-0.25, -0.2) is 4.98 Å². The number of pyridine rings is 1. The number of rotatable bonds is 7. The van der Waals surface area contributed by atoms with E-state index in [0.717, 1.165) is 34.4 Å². The van der Waals surface area contributed by atoms with Crippen LogP contribution in [0.4, 0.5) is 19.0 Å². The first-order valence-corrected chi connectivity index (χ1v) is 11.9. The fourth-order valence-corrected chi connectivity index (χ4v) is 4.64. The van der Waals surface area contributed by atoms with Crippen LogP contribution < -0.4 is 9.46 Å². The second kappa shape index (κ2) is 9.94. The number of alkyl halides is 3. The molecule has 176 valence electrons. The summed E-state index contributed by atoms with van der Waals surface area (Å²) in [7, 11) is 0. The van der Waals surface area contributed by atoms with E-state index >= 15 is 0 Å². The van der Waals surface area contributed by atoms with Gasteiger partial charge >= 0.3 is 6.18 Å². The predicted molar refractivity (Wildman–Crippen MR) is 123 cm³/mol. The molecule has 0 aliphatic carbocycles. The summed E-state index contributed by atoms with van der Waals surface area (Å²) in [6, 6.07) is 9.72. The van der Waals surface area contributed by atoms with Gasteiger partial charge in [-0.3, -0.25) is 4.90 Å². The highest BCUT2D eigenvalue weighted by molar-refractivity contribution is 9.10. The third kappa shape index (κ3) is 6.01. The molecule has 3 aromatic rings. The standard InChI is InChI=1S/C22H22BrF3N4O2S/c1-13(16-4-6-19(27-10-16)31-12-22(24,25)26)30-8-7-15-3-5-18(9-17(15)11-30)33-29-21-20(23)14(2)32-28-21/h3-6,9-10,13H,7-8,11-12H2,1-2H3,(H,28,29). The Bertz CT molecular complexity index is 1110. The molecule has 1 aliphatic rings. The van der Waals surface area contributed by atoms with Gasteiger partial charge in [-0.2, -0.15) is 13.2 Å². The number of hydrogen-bond donors (Lipinski definition) is 1. The molecule has 3 heterocycles. The van der Waals surface area contributed by atoms with Gasteiger partial charge in [0.1, 0.15) is 10.2 Å². The van der Waals surface area contributed by atoms with Gasteiger partial charge in [0.25, 0.3) is 0 Å². The number of nitrogens with zero attached hydrogens (tertiary/aromatic N) is 3. The van der Waals surface area contributed by atoms with Crippen LogP contribution in [0.1, 0.15) is 35.4 Å². The molecule has 1 N–H and O–H groups in total. The summed E-state index contributed by atoms with van der Waals surface area (Å²) >= 11 is 4.91. The molecule has 0 saturated heterocycles. The highest BCUT2D eigenvalue weighted by Gasteiger charge is 2.29.